The highest BCUT2D eigenvalue weighted by Gasteiger charge is 2.50. The van der Waals surface area contributed by atoms with Crippen LogP contribution in [0.3, 0.4) is 0 Å². The summed E-state index contributed by atoms with van der Waals surface area (Å²) in [7, 11) is -5.24. The molecule has 0 aromatic carbocycles. The van der Waals surface area contributed by atoms with Crippen LogP contribution in [0.15, 0.2) is 4.99 Å². The van der Waals surface area contributed by atoms with E-state index in [0.717, 1.165) is 13.0 Å². The maximum Gasteiger partial charge on any atom is 0.511 e. The van der Waals surface area contributed by atoms with Crippen LogP contribution in [0.4, 0.5) is 13.2 Å². The number of nitrogens with one attached hydrogen (secondary N) is 2. The number of hydrogen-bond donors (Lipinski definition) is 2. The number of sulfonamides is 1. The Kier molecular flexibility index (Phi) is 8.98. The van der Waals surface area contributed by atoms with E-state index in [1.807, 2.05) is 13.8 Å². The second-order valence-electron chi connectivity index (χ2n) is 7.38. The third-order valence-electron chi connectivity index (χ3n) is 4.91. The number of nitrogens with zero attached hydrogens (tertiary/aromatic N) is 2. The Hall–Kier alpha value is -1.11. The first-order valence-electron chi connectivity index (χ1n) is 9.94. The van der Waals surface area contributed by atoms with Crippen molar-refractivity contribution >= 4 is 16.0 Å². The summed E-state index contributed by atoms with van der Waals surface area (Å²) in [4.78, 5) is 4.52. The van der Waals surface area contributed by atoms with Gasteiger partial charge in [-0.1, -0.05) is 0 Å². The summed E-state index contributed by atoms with van der Waals surface area (Å²) in [6.45, 7) is 6.56. The molecule has 0 saturated carbocycles. The normalized spacial score (nSPS) is 23.9. The average Bonchev–Trinajstić information content (AvgIpc) is 3.18. The lowest BCUT2D eigenvalue weighted by atomic mass is 9.98. The predicted molar refractivity (Wildman–Crippen MR) is 103 cm³/mol. The van der Waals surface area contributed by atoms with Crippen molar-refractivity contribution in [1.82, 2.24) is 14.9 Å². The first-order valence-corrected chi connectivity index (χ1v) is 11.4. The van der Waals surface area contributed by atoms with Gasteiger partial charge in [0, 0.05) is 38.8 Å². The Bertz CT molecular complexity index is 631. The van der Waals surface area contributed by atoms with Crippen LogP contribution in [0.1, 0.15) is 33.1 Å². The maximum atomic E-state index is 12.7. The van der Waals surface area contributed by atoms with E-state index in [4.69, 9.17) is 9.47 Å². The second-order valence-corrected chi connectivity index (χ2v) is 9.31. The summed E-state index contributed by atoms with van der Waals surface area (Å²) in [5.74, 6) is 0.643. The van der Waals surface area contributed by atoms with Gasteiger partial charge in [0.2, 0.25) is 0 Å². The molecule has 2 rings (SSSR count). The molecule has 2 aliphatic heterocycles. The van der Waals surface area contributed by atoms with Gasteiger partial charge in [-0.05, 0) is 39.0 Å². The number of rotatable bonds is 8. The largest absolute Gasteiger partial charge is 0.511 e. The minimum absolute atomic E-state index is 0.0205. The number of aliphatic imine (C=N–C) groups is 1. The molecule has 0 amide bonds. The van der Waals surface area contributed by atoms with Crippen LogP contribution in [0, 0.1) is 5.92 Å². The van der Waals surface area contributed by atoms with Gasteiger partial charge in [0.15, 0.2) is 5.96 Å². The van der Waals surface area contributed by atoms with Gasteiger partial charge in [-0.25, -0.2) is 8.42 Å². The van der Waals surface area contributed by atoms with Crippen molar-refractivity contribution in [2.45, 2.75) is 50.8 Å². The van der Waals surface area contributed by atoms with Gasteiger partial charge in [-0.3, -0.25) is 4.99 Å². The van der Waals surface area contributed by atoms with Crippen molar-refractivity contribution < 1.29 is 31.1 Å². The average molecular weight is 445 g/mol. The Labute approximate surface area is 170 Å². The molecule has 2 atom stereocenters. The standard InChI is InChI=1S/C17H31F3N4O4S/c1-3-21-16(23-13(2)11-28-15-6-9-27-12-15)22-10-14-4-7-24(8-5-14)29(25,26)17(18,19)20/h13-15H,3-12H2,1-2H3,(H2,21,22,23). The fourth-order valence-electron chi connectivity index (χ4n) is 3.22. The zero-order valence-corrected chi connectivity index (χ0v) is 17.7. The summed E-state index contributed by atoms with van der Waals surface area (Å²) in [6.07, 6.45) is 1.71. The molecule has 2 N–H and O–H groups in total. The van der Waals surface area contributed by atoms with E-state index < -0.39 is 15.5 Å². The molecule has 2 unspecified atom stereocenters. The molecule has 0 aliphatic carbocycles. The molecule has 2 fully saturated rings. The lowest BCUT2D eigenvalue weighted by molar-refractivity contribution is -0.0496. The third kappa shape index (κ3) is 7.26. The summed E-state index contributed by atoms with van der Waals surface area (Å²) in [5.41, 5.74) is -5.25. The van der Waals surface area contributed by atoms with Crippen molar-refractivity contribution in [3.8, 4) is 0 Å². The van der Waals surface area contributed by atoms with Crippen molar-refractivity contribution in [3.63, 3.8) is 0 Å². The van der Waals surface area contributed by atoms with E-state index in [2.05, 4.69) is 15.6 Å². The molecule has 0 spiro atoms. The number of hydrogen-bond acceptors (Lipinski definition) is 5. The van der Waals surface area contributed by atoms with Gasteiger partial charge in [0.05, 0.1) is 19.3 Å². The first-order chi connectivity index (χ1) is 13.6. The van der Waals surface area contributed by atoms with Crippen LogP contribution in [0.25, 0.3) is 0 Å². The van der Waals surface area contributed by atoms with Crippen LogP contribution in [-0.4, -0.2) is 82.3 Å². The molecular formula is C17H31F3N4O4S. The summed E-state index contributed by atoms with van der Waals surface area (Å²) in [5, 5.41) is 6.39. The number of alkyl halides is 3. The van der Waals surface area contributed by atoms with Crippen molar-refractivity contribution in [1.29, 1.82) is 0 Å². The monoisotopic (exact) mass is 444 g/mol. The maximum absolute atomic E-state index is 12.7. The molecule has 2 aliphatic rings. The molecule has 0 aromatic rings. The molecule has 2 saturated heterocycles. The van der Waals surface area contributed by atoms with Crippen LogP contribution in [-0.2, 0) is 19.5 Å². The van der Waals surface area contributed by atoms with Crippen molar-refractivity contribution in [2.75, 3.05) is 46.0 Å². The topological polar surface area (TPSA) is 92.3 Å². The van der Waals surface area contributed by atoms with Gasteiger partial charge in [0.1, 0.15) is 0 Å². The smallest absolute Gasteiger partial charge is 0.379 e. The van der Waals surface area contributed by atoms with E-state index in [-0.39, 0.29) is 31.2 Å². The van der Waals surface area contributed by atoms with Gasteiger partial charge >= 0.3 is 15.5 Å². The SMILES string of the molecule is CCNC(=NCC1CCN(S(=O)(=O)C(F)(F)F)CC1)NC(C)COC1CCOC1. The number of ether oxygens (including phenoxy) is 2. The van der Waals surface area contributed by atoms with Crippen LogP contribution in [0.5, 0.6) is 0 Å². The zero-order chi connectivity index (χ0) is 21.5. The molecule has 0 radical (unpaired) electrons. The fraction of sp³-hybridized carbons (Fsp3) is 0.941. The van der Waals surface area contributed by atoms with Crippen LogP contribution in [0.2, 0.25) is 0 Å². The van der Waals surface area contributed by atoms with Crippen molar-refractivity contribution in [2.24, 2.45) is 10.9 Å². The summed E-state index contributed by atoms with van der Waals surface area (Å²) in [6, 6.07) is 0.0205. The first kappa shape index (κ1) is 24.2. The zero-order valence-electron chi connectivity index (χ0n) is 16.9. The molecule has 29 heavy (non-hydrogen) atoms. The second kappa shape index (κ2) is 10.8. The Morgan fingerprint density at radius 2 is 2.00 bits per heavy atom. The van der Waals surface area contributed by atoms with Gasteiger partial charge in [-0.2, -0.15) is 17.5 Å². The van der Waals surface area contributed by atoms with E-state index in [1.54, 1.807) is 0 Å². The van der Waals surface area contributed by atoms with Crippen LogP contribution < -0.4 is 10.6 Å². The summed E-state index contributed by atoms with van der Waals surface area (Å²) < 4.78 is 72.5. The van der Waals surface area contributed by atoms with E-state index >= 15 is 0 Å². The van der Waals surface area contributed by atoms with E-state index in [0.29, 0.717) is 49.4 Å². The van der Waals surface area contributed by atoms with Gasteiger partial charge in [-0.15, -0.1) is 0 Å². The molecule has 0 bridgehead atoms. The molecule has 12 heteroatoms. The lowest BCUT2D eigenvalue weighted by Crippen LogP contribution is -2.46. The van der Waals surface area contributed by atoms with Crippen LogP contribution >= 0.6 is 0 Å². The number of halogens is 3. The highest BCUT2D eigenvalue weighted by Crippen LogP contribution is 2.30. The number of guanidine groups is 1. The van der Waals surface area contributed by atoms with E-state index in [9.17, 15) is 21.6 Å². The number of piperidine rings is 1. The quantitative estimate of drug-likeness (QED) is 0.433. The molecule has 170 valence electrons. The van der Waals surface area contributed by atoms with Gasteiger partial charge in [0.25, 0.3) is 0 Å². The molecule has 2 heterocycles. The van der Waals surface area contributed by atoms with E-state index in [1.165, 1.54) is 0 Å². The Morgan fingerprint density at radius 1 is 1.31 bits per heavy atom. The predicted octanol–water partition coefficient (Wildman–Crippen LogP) is 1.30. The minimum Gasteiger partial charge on any atom is -0.379 e. The molecule has 8 nitrogen and oxygen atoms in total. The fourth-order valence-corrected chi connectivity index (χ4v) is 4.20. The third-order valence-corrected chi connectivity index (χ3v) is 6.54. The summed E-state index contributed by atoms with van der Waals surface area (Å²) >= 11 is 0. The minimum atomic E-state index is -5.25. The highest BCUT2D eigenvalue weighted by molar-refractivity contribution is 7.90. The van der Waals surface area contributed by atoms with Gasteiger partial charge < -0.3 is 20.1 Å². The Balaban J connectivity index is 1.79. The Morgan fingerprint density at radius 3 is 2.55 bits per heavy atom. The highest BCUT2D eigenvalue weighted by atomic mass is 32.2. The lowest BCUT2D eigenvalue weighted by Gasteiger charge is -2.31. The molecular weight excluding hydrogens is 413 g/mol. The molecule has 0 aromatic heterocycles. The van der Waals surface area contributed by atoms with Crippen molar-refractivity contribution in [3.05, 3.63) is 0 Å².